The maximum Gasteiger partial charge on any atom is 0.340 e. The van der Waals surface area contributed by atoms with Gasteiger partial charge in [-0.15, -0.1) is 11.3 Å². The summed E-state index contributed by atoms with van der Waals surface area (Å²) in [6.45, 7) is 2.04. The Bertz CT molecular complexity index is 738. The zero-order valence-corrected chi connectivity index (χ0v) is 15.0. The minimum absolute atomic E-state index is 0.0530. The molecule has 1 saturated carbocycles. The number of thiophene rings is 1. The van der Waals surface area contributed by atoms with Crippen molar-refractivity contribution in [2.75, 3.05) is 12.4 Å². The molecule has 0 radical (unpaired) electrons. The molecule has 1 fully saturated rings. The monoisotopic (exact) mass is 363 g/mol. The maximum atomic E-state index is 12.8. The zero-order chi connectivity index (χ0) is 18.1. The van der Waals surface area contributed by atoms with Gasteiger partial charge in [0.2, 0.25) is 5.91 Å². The summed E-state index contributed by atoms with van der Waals surface area (Å²) >= 11 is 1.35. The van der Waals surface area contributed by atoms with Gasteiger partial charge >= 0.3 is 11.9 Å². The van der Waals surface area contributed by atoms with Crippen molar-refractivity contribution >= 4 is 34.2 Å². The van der Waals surface area contributed by atoms with Gasteiger partial charge in [0.15, 0.2) is 0 Å². The van der Waals surface area contributed by atoms with Crippen molar-refractivity contribution in [3.63, 3.8) is 0 Å². The van der Waals surface area contributed by atoms with Crippen LogP contribution in [-0.4, -0.2) is 30.1 Å². The molecule has 2 aliphatic carbocycles. The molecule has 0 aliphatic heterocycles. The number of aliphatic carboxylic acids is 1. The third kappa shape index (κ3) is 3.20. The number of esters is 1. The SMILES string of the molecule is CCCc1cc(C(=O)OC)c(NC(=O)[C@H]2[C@@H](C(=O)O)[C@H]3C=C[C@H]2C3)s1. The minimum Gasteiger partial charge on any atom is -0.481 e. The molecule has 3 rings (SSSR count). The van der Waals surface area contributed by atoms with Crippen molar-refractivity contribution in [2.45, 2.75) is 26.2 Å². The molecule has 0 spiro atoms. The zero-order valence-electron chi connectivity index (χ0n) is 14.2. The molecule has 4 atom stereocenters. The van der Waals surface area contributed by atoms with Gasteiger partial charge in [-0.05, 0) is 30.7 Å². The van der Waals surface area contributed by atoms with Crippen LogP contribution in [0, 0.1) is 23.7 Å². The molecule has 2 N–H and O–H groups in total. The van der Waals surface area contributed by atoms with E-state index in [0.29, 0.717) is 17.0 Å². The highest BCUT2D eigenvalue weighted by molar-refractivity contribution is 7.16. The molecule has 1 aromatic heterocycles. The molecule has 0 unspecified atom stereocenters. The number of aryl methyl sites for hydroxylation is 1. The topological polar surface area (TPSA) is 92.7 Å². The number of methoxy groups -OCH3 is 1. The van der Waals surface area contributed by atoms with Crippen molar-refractivity contribution in [1.29, 1.82) is 0 Å². The Balaban J connectivity index is 1.84. The van der Waals surface area contributed by atoms with E-state index in [1.165, 1.54) is 18.4 Å². The fourth-order valence-corrected chi connectivity index (χ4v) is 5.03. The number of anilines is 1. The van der Waals surface area contributed by atoms with Crippen molar-refractivity contribution in [3.8, 4) is 0 Å². The highest BCUT2D eigenvalue weighted by Gasteiger charge is 2.51. The number of ether oxygens (including phenoxy) is 1. The molecule has 2 aliphatic rings. The standard InChI is InChI=1S/C18H21NO5S/c1-3-4-11-8-12(18(23)24-2)16(25-11)19-15(20)13-9-5-6-10(7-9)14(13)17(21)22/h5-6,8-10,13-14H,3-4,7H2,1-2H3,(H,19,20)(H,21,22)/t9-,10-,13+,14-/m0/s1. The van der Waals surface area contributed by atoms with Gasteiger partial charge in [0.25, 0.3) is 0 Å². The van der Waals surface area contributed by atoms with E-state index in [0.717, 1.165) is 17.7 Å². The minimum atomic E-state index is -0.942. The fraction of sp³-hybridized carbons (Fsp3) is 0.500. The van der Waals surface area contributed by atoms with E-state index in [2.05, 4.69) is 5.32 Å². The average Bonchev–Trinajstić information content (AvgIpc) is 3.28. The smallest absolute Gasteiger partial charge is 0.340 e. The Labute approximate surface area is 149 Å². The van der Waals surface area contributed by atoms with Crippen molar-refractivity contribution in [2.24, 2.45) is 23.7 Å². The van der Waals surface area contributed by atoms with E-state index < -0.39 is 23.8 Å². The molecule has 0 aromatic carbocycles. The number of hydrogen-bond donors (Lipinski definition) is 2. The highest BCUT2D eigenvalue weighted by Crippen LogP contribution is 2.48. The average molecular weight is 363 g/mol. The Morgan fingerprint density at radius 1 is 1.28 bits per heavy atom. The first-order valence-electron chi connectivity index (χ1n) is 8.39. The lowest BCUT2D eigenvalue weighted by atomic mass is 9.82. The molecular weight excluding hydrogens is 342 g/mol. The molecule has 25 heavy (non-hydrogen) atoms. The van der Waals surface area contributed by atoms with E-state index in [1.54, 1.807) is 6.07 Å². The molecule has 1 heterocycles. The molecule has 6 nitrogen and oxygen atoms in total. The number of carboxylic acid groups (broad SMARTS) is 1. The molecule has 2 bridgehead atoms. The number of allylic oxidation sites excluding steroid dienone is 2. The van der Waals surface area contributed by atoms with Crippen LogP contribution < -0.4 is 5.32 Å². The molecule has 1 aromatic rings. The van der Waals surface area contributed by atoms with Gasteiger partial charge in [0, 0.05) is 4.88 Å². The van der Waals surface area contributed by atoms with E-state index in [9.17, 15) is 19.5 Å². The predicted molar refractivity (Wildman–Crippen MR) is 93.6 cm³/mol. The molecule has 0 saturated heterocycles. The normalized spacial score (nSPS) is 26.6. The van der Waals surface area contributed by atoms with E-state index >= 15 is 0 Å². The van der Waals surface area contributed by atoms with Crippen LogP contribution in [0.1, 0.15) is 35.0 Å². The first kappa shape index (κ1) is 17.7. The summed E-state index contributed by atoms with van der Waals surface area (Å²) in [4.78, 5) is 37.3. The van der Waals surface area contributed by atoms with Gasteiger partial charge < -0.3 is 15.2 Å². The number of nitrogens with one attached hydrogen (secondary N) is 1. The van der Waals surface area contributed by atoms with Crippen LogP contribution in [0.2, 0.25) is 0 Å². The molecule has 7 heteroatoms. The summed E-state index contributed by atoms with van der Waals surface area (Å²) in [5.41, 5.74) is 0.329. The number of carbonyl (C=O) groups excluding carboxylic acids is 2. The Morgan fingerprint density at radius 3 is 2.56 bits per heavy atom. The van der Waals surface area contributed by atoms with Gasteiger partial charge in [-0.2, -0.15) is 0 Å². The Morgan fingerprint density at radius 2 is 1.96 bits per heavy atom. The van der Waals surface area contributed by atoms with Crippen LogP contribution >= 0.6 is 11.3 Å². The lowest BCUT2D eigenvalue weighted by molar-refractivity contribution is -0.146. The number of fused-ring (bicyclic) bond motifs is 2. The van der Waals surface area contributed by atoms with Crippen LogP contribution in [0.15, 0.2) is 18.2 Å². The van der Waals surface area contributed by atoms with Gasteiger partial charge in [-0.3, -0.25) is 9.59 Å². The number of rotatable bonds is 6. The van der Waals surface area contributed by atoms with Crippen LogP contribution in [0.4, 0.5) is 5.00 Å². The van der Waals surface area contributed by atoms with Gasteiger partial charge in [-0.1, -0.05) is 25.5 Å². The first-order chi connectivity index (χ1) is 12.0. The third-order valence-corrected chi connectivity index (χ3v) is 6.08. The van der Waals surface area contributed by atoms with Crippen LogP contribution in [0.25, 0.3) is 0 Å². The second-order valence-electron chi connectivity index (χ2n) is 6.52. The predicted octanol–water partition coefficient (Wildman–Crippen LogP) is 2.95. The quantitative estimate of drug-likeness (QED) is 0.599. The third-order valence-electron chi connectivity index (χ3n) is 4.97. The van der Waals surface area contributed by atoms with E-state index in [4.69, 9.17) is 4.74 Å². The number of carboxylic acids is 1. The summed E-state index contributed by atoms with van der Waals surface area (Å²) in [7, 11) is 1.30. The lowest BCUT2D eigenvalue weighted by Crippen LogP contribution is -2.36. The van der Waals surface area contributed by atoms with Gasteiger partial charge in [0.05, 0.1) is 24.5 Å². The van der Waals surface area contributed by atoms with E-state index in [1.807, 2.05) is 19.1 Å². The summed E-state index contributed by atoms with van der Waals surface area (Å²) in [5.74, 6) is -3.22. The van der Waals surface area contributed by atoms with E-state index in [-0.39, 0.29) is 17.7 Å². The maximum absolute atomic E-state index is 12.8. The fourth-order valence-electron chi connectivity index (χ4n) is 3.88. The largest absolute Gasteiger partial charge is 0.481 e. The Kier molecular flexibility index (Phi) is 4.94. The van der Waals surface area contributed by atoms with Crippen molar-refractivity contribution < 1.29 is 24.2 Å². The number of carbonyl (C=O) groups is 3. The van der Waals surface area contributed by atoms with Crippen molar-refractivity contribution in [1.82, 2.24) is 0 Å². The van der Waals surface area contributed by atoms with Crippen LogP contribution in [0.3, 0.4) is 0 Å². The summed E-state index contributed by atoms with van der Waals surface area (Å²) in [6, 6.07) is 1.74. The van der Waals surface area contributed by atoms with Crippen LogP contribution in [0.5, 0.6) is 0 Å². The molecule has 1 amide bonds. The van der Waals surface area contributed by atoms with Crippen LogP contribution in [-0.2, 0) is 20.7 Å². The highest BCUT2D eigenvalue weighted by atomic mass is 32.1. The number of amides is 1. The summed E-state index contributed by atoms with van der Waals surface area (Å²) in [6.07, 6.45) is 6.26. The molecular formula is C18H21NO5S. The second-order valence-corrected chi connectivity index (χ2v) is 7.66. The van der Waals surface area contributed by atoms with Gasteiger partial charge in [-0.25, -0.2) is 4.79 Å². The number of hydrogen-bond acceptors (Lipinski definition) is 5. The lowest BCUT2D eigenvalue weighted by Gasteiger charge is -2.23. The summed E-state index contributed by atoms with van der Waals surface area (Å²) < 4.78 is 4.80. The first-order valence-corrected chi connectivity index (χ1v) is 9.20. The molecule has 134 valence electrons. The summed E-state index contributed by atoms with van der Waals surface area (Å²) in [5, 5.41) is 12.7. The second kappa shape index (κ2) is 7.00. The Hall–Kier alpha value is -2.15. The van der Waals surface area contributed by atoms with Crippen molar-refractivity contribution in [3.05, 3.63) is 28.7 Å². The van der Waals surface area contributed by atoms with Gasteiger partial charge in [0.1, 0.15) is 5.00 Å².